The lowest BCUT2D eigenvalue weighted by atomic mass is 9.94. The number of rotatable bonds is 3. The van der Waals surface area contributed by atoms with E-state index in [1.165, 1.54) is 7.11 Å². The molecule has 160 valence electrons. The summed E-state index contributed by atoms with van der Waals surface area (Å²) >= 11 is 0. The maximum atomic E-state index is 13.4. The predicted octanol–water partition coefficient (Wildman–Crippen LogP) is 5.18. The molecule has 0 unspecified atom stereocenters. The number of benzene rings is 4. The van der Waals surface area contributed by atoms with Gasteiger partial charge in [-0.05, 0) is 52.2 Å². The average Bonchev–Trinajstić information content (AvgIpc) is 3.16. The SMILES string of the molecule is COC(=O)c1c2c(cc3ccc(C#Cc4ccccc4)cc13)CN(Cc1ccccc1)C2=O. The zero-order valence-corrected chi connectivity index (χ0v) is 18.2. The molecule has 4 nitrogen and oxygen atoms in total. The molecule has 0 N–H and O–H groups in total. The van der Waals surface area contributed by atoms with E-state index >= 15 is 0 Å². The average molecular weight is 431 g/mol. The maximum Gasteiger partial charge on any atom is 0.339 e. The van der Waals surface area contributed by atoms with Crippen LogP contribution >= 0.6 is 0 Å². The lowest BCUT2D eigenvalue weighted by molar-refractivity contribution is 0.0595. The number of amides is 1. The van der Waals surface area contributed by atoms with Crippen molar-refractivity contribution in [3.63, 3.8) is 0 Å². The molecular formula is C29H21NO3. The summed E-state index contributed by atoms with van der Waals surface area (Å²) in [5, 5.41) is 1.56. The molecule has 5 rings (SSSR count). The molecule has 33 heavy (non-hydrogen) atoms. The number of nitrogens with zero attached hydrogens (tertiary/aromatic N) is 1. The van der Waals surface area contributed by atoms with Gasteiger partial charge in [0.05, 0.1) is 18.2 Å². The highest BCUT2D eigenvalue weighted by atomic mass is 16.5. The van der Waals surface area contributed by atoms with Crippen molar-refractivity contribution in [2.75, 3.05) is 7.11 Å². The van der Waals surface area contributed by atoms with Crippen LogP contribution in [0.3, 0.4) is 0 Å². The molecular weight excluding hydrogens is 410 g/mol. The minimum atomic E-state index is -0.514. The summed E-state index contributed by atoms with van der Waals surface area (Å²) in [6.07, 6.45) is 0. The number of carbonyl (C=O) groups excluding carboxylic acids is 2. The molecule has 0 saturated carbocycles. The van der Waals surface area contributed by atoms with Crippen molar-refractivity contribution in [2.45, 2.75) is 13.1 Å². The topological polar surface area (TPSA) is 46.6 Å². The van der Waals surface area contributed by atoms with Crippen LogP contribution in [0, 0.1) is 11.8 Å². The molecule has 1 heterocycles. The zero-order valence-electron chi connectivity index (χ0n) is 18.2. The number of methoxy groups -OCH3 is 1. The molecule has 4 heteroatoms. The van der Waals surface area contributed by atoms with Crippen LogP contribution in [0.5, 0.6) is 0 Å². The second-order valence-corrected chi connectivity index (χ2v) is 7.98. The van der Waals surface area contributed by atoms with Gasteiger partial charge in [-0.15, -0.1) is 0 Å². The summed E-state index contributed by atoms with van der Waals surface area (Å²) in [5.41, 5.74) is 4.30. The van der Waals surface area contributed by atoms with Crippen molar-refractivity contribution in [3.05, 3.63) is 118 Å². The Bertz CT molecular complexity index is 1430. The van der Waals surface area contributed by atoms with E-state index < -0.39 is 5.97 Å². The number of fused-ring (bicyclic) bond motifs is 2. The summed E-state index contributed by atoms with van der Waals surface area (Å²) in [4.78, 5) is 28.0. The van der Waals surface area contributed by atoms with Crippen LogP contribution in [0.2, 0.25) is 0 Å². The molecule has 1 aliphatic heterocycles. The molecule has 0 aliphatic carbocycles. The van der Waals surface area contributed by atoms with Crippen LogP contribution in [0.15, 0.2) is 84.9 Å². The van der Waals surface area contributed by atoms with Gasteiger partial charge in [-0.2, -0.15) is 0 Å². The van der Waals surface area contributed by atoms with Gasteiger partial charge in [-0.25, -0.2) is 4.79 Å². The first-order valence-corrected chi connectivity index (χ1v) is 10.7. The van der Waals surface area contributed by atoms with E-state index in [1.54, 1.807) is 4.90 Å². The van der Waals surface area contributed by atoms with Crippen LogP contribution in [-0.2, 0) is 17.8 Å². The molecule has 0 atom stereocenters. The van der Waals surface area contributed by atoms with E-state index in [4.69, 9.17) is 4.74 Å². The van der Waals surface area contributed by atoms with Gasteiger partial charge >= 0.3 is 5.97 Å². The summed E-state index contributed by atoms with van der Waals surface area (Å²) < 4.78 is 5.09. The number of carbonyl (C=O) groups is 2. The van der Waals surface area contributed by atoms with E-state index in [1.807, 2.05) is 84.9 Å². The van der Waals surface area contributed by atoms with Crippen molar-refractivity contribution >= 4 is 22.6 Å². The number of esters is 1. The molecule has 0 aromatic heterocycles. The van der Waals surface area contributed by atoms with Crippen molar-refractivity contribution in [2.24, 2.45) is 0 Å². The normalized spacial score (nSPS) is 12.3. The fourth-order valence-corrected chi connectivity index (χ4v) is 4.25. The van der Waals surface area contributed by atoms with E-state index in [9.17, 15) is 9.59 Å². The third-order valence-electron chi connectivity index (χ3n) is 5.82. The largest absolute Gasteiger partial charge is 0.465 e. The van der Waals surface area contributed by atoms with Gasteiger partial charge in [0.1, 0.15) is 0 Å². The Morgan fingerprint density at radius 2 is 1.61 bits per heavy atom. The lowest BCUT2D eigenvalue weighted by Crippen LogP contribution is -2.24. The Balaban J connectivity index is 1.59. The minimum absolute atomic E-state index is 0.156. The Morgan fingerprint density at radius 1 is 0.909 bits per heavy atom. The highest BCUT2D eigenvalue weighted by molar-refractivity contribution is 6.16. The molecule has 0 saturated heterocycles. The standard InChI is InChI=1S/C29H21NO3/c1-33-29(32)27-25-16-21(13-12-20-8-4-2-5-9-20)14-15-23(25)17-24-19-30(28(31)26(24)27)18-22-10-6-3-7-11-22/h2-11,14-17H,18-19H2,1H3. The molecule has 0 fully saturated rings. The van der Waals surface area contributed by atoms with E-state index in [2.05, 4.69) is 11.8 Å². The number of ether oxygens (including phenoxy) is 1. The van der Waals surface area contributed by atoms with Gasteiger partial charge in [0.2, 0.25) is 0 Å². The molecule has 4 aromatic carbocycles. The van der Waals surface area contributed by atoms with Crippen molar-refractivity contribution in [1.82, 2.24) is 4.90 Å². The zero-order chi connectivity index (χ0) is 22.8. The van der Waals surface area contributed by atoms with E-state index in [0.29, 0.717) is 29.6 Å². The summed E-state index contributed by atoms with van der Waals surface area (Å²) in [6, 6.07) is 27.3. The highest BCUT2D eigenvalue weighted by Crippen LogP contribution is 2.34. The van der Waals surface area contributed by atoms with Crippen LogP contribution in [-0.4, -0.2) is 23.9 Å². The molecule has 0 spiro atoms. The fourth-order valence-electron chi connectivity index (χ4n) is 4.25. The summed E-state index contributed by atoms with van der Waals surface area (Å²) in [6.45, 7) is 0.942. The highest BCUT2D eigenvalue weighted by Gasteiger charge is 2.34. The molecule has 0 bridgehead atoms. The Labute approximate surface area is 192 Å². The molecule has 4 aromatic rings. The number of hydrogen-bond acceptors (Lipinski definition) is 3. The third-order valence-corrected chi connectivity index (χ3v) is 5.82. The lowest BCUT2D eigenvalue weighted by Gasteiger charge is -2.15. The van der Waals surface area contributed by atoms with Gasteiger partial charge in [0, 0.05) is 24.2 Å². The van der Waals surface area contributed by atoms with Gasteiger partial charge < -0.3 is 9.64 Å². The van der Waals surface area contributed by atoms with E-state index in [0.717, 1.165) is 27.6 Å². The monoisotopic (exact) mass is 431 g/mol. The first-order chi connectivity index (χ1) is 16.1. The van der Waals surface area contributed by atoms with Gasteiger partial charge in [-0.3, -0.25) is 4.79 Å². The first-order valence-electron chi connectivity index (χ1n) is 10.7. The number of hydrogen-bond donors (Lipinski definition) is 0. The van der Waals surface area contributed by atoms with Crippen molar-refractivity contribution < 1.29 is 14.3 Å². The van der Waals surface area contributed by atoms with Crippen molar-refractivity contribution in [3.8, 4) is 11.8 Å². The van der Waals surface area contributed by atoms with Crippen LogP contribution < -0.4 is 0 Å². The van der Waals surface area contributed by atoms with Crippen LogP contribution in [0.4, 0.5) is 0 Å². The Kier molecular flexibility index (Phi) is 5.38. The Morgan fingerprint density at radius 3 is 2.33 bits per heavy atom. The van der Waals surface area contributed by atoms with Gasteiger partial charge in [0.25, 0.3) is 5.91 Å². The summed E-state index contributed by atoms with van der Waals surface area (Å²) in [5.74, 6) is 5.63. The molecule has 1 amide bonds. The molecule has 0 radical (unpaired) electrons. The summed E-state index contributed by atoms with van der Waals surface area (Å²) in [7, 11) is 1.34. The quantitative estimate of drug-likeness (QED) is 0.332. The predicted molar refractivity (Wildman–Crippen MR) is 128 cm³/mol. The van der Waals surface area contributed by atoms with Crippen molar-refractivity contribution in [1.29, 1.82) is 0 Å². The smallest absolute Gasteiger partial charge is 0.339 e. The third kappa shape index (κ3) is 3.97. The minimum Gasteiger partial charge on any atom is -0.465 e. The van der Waals surface area contributed by atoms with Crippen LogP contribution in [0.25, 0.3) is 10.8 Å². The van der Waals surface area contributed by atoms with Crippen LogP contribution in [0.1, 0.15) is 43.0 Å². The fraction of sp³-hybridized carbons (Fsp3) is 0.103. The first kappa shape index (κ1) is 20.5. The Hall–Kier alpha value is -4.36. The van der Waals surface area contributed by atoms with Gasteiger partial charge in [0.15, 0.2) is 0 Å². The van der Waals surface area contributed by atoms with E-state index in [-0.39, 0.29) is 5.91 Å². The second kappa shape index (κ2) is 8.64. The van der Waals surface area contributed by atoms with Gasteiger partial charge in [-0.1, -0.05) is 66.4 Å². The second-order valence-electron chi connectivity index (χ2n) is 7.98. The molecule has 1 aliphatic rings. The maximum absolute atomic E-state index is 13.4.